The SMILES string of the molecule is C#CC[n+]1c(C)ccc2cc(NC(=O)SOCC)ccc21. The van der Waals surface area contributed by atoms with Gasteiger partial charge in [-0.2, -0.15) is 4.57 Å². The quantitative estimate of drug-likeness (QED) is 0.535. The maximum absolute atomic E-state index is 11.6. The van der Waals surface area contributed by atoms with E-state index in [4.69, 9.17) is 10.6 Å². The van der Waals surface area contributed by atoms with Crippen molar-refractivity contribution in [3.05, 3.63) is 36.0 Å². The lowest BCUT2D eigenvalue weighted by Crippen LogP contribution is -2.37. The molecule has 0 spiro atoms. The van der Waals surface area contributed by atoms with E-state index >= 15 is 0 Å². The molecule has 1 heterocycles. The molecule has 4 nitrogen and oxygen atoms in total. The maximum Gasteiger partial charge on any atom is 0.310 e. The van der Waals surface area contributed by atoms with Crippen LogP contribution < -0.4 is 9.88 Å². The Morgan fingerprint density at radius 1 is 1.43 bits per heavy atom. The van der Waals surface area contributed by atoms with Crippen molar-refractivity contribution in [2.45, 2.75) is 20.4 Å². The Balaban J connectivity index is 2.29. The zero-order chi connectivity index (χ0) is 15.2. The number of carbonyl (C=O) groups is 1. The molecule has 2 rings (SSSR count). The fraction of sp³-hybridized carbons (Fsp3) is 0.250. The number of pyridine rings is 1. The summed E-state index contributed by atoms with van der Waals surface area (Å²) in [6.07, 6.45) is 5.42. The van der Waals surface area contributed by atoms with Crippen LogP contribution in [-0.2, 0) is 10.7 Å². The average molecular weight is 301 g/mol. The molecule has 0 bridgehead atoms. The minimum Gasteiger partial charge on any atom is -0.315 e. The lowest BCUT2D eigenvalue weighted by atomic mass is 10.1. The second-order valence-corrected chi connectivity index (χ2v) is 5.21. The molecule has 0 saturated carbocycles. The molecule has 0 aliphatic rings. The Labute approximate surface area is 128 Å². The van der Waals surface area contributed by atoms with Gasteiger partial charge in [-0.1, -0.05) is 0 Å². The van der Waals surface area contributed by atoms with Gasteiger partial charge in [0.25, 0.3) is 0 Å². The van der Waals surface area contributed by atoms with Crippen molar-refractivity contribution in [2.75, 3.05) is 11.9 Å². The highest BCUT2D eigenvalue weighted by atomic mass is 32.2. The molecule has 0 aliphatic heterocycles. The first-order valence-corrected chi connectivity index (χ1v) is 7.37. The van der Waals surface area contributed by atoms with Crippen LogP contribution in [-0.4, -0.2) is 11.8 Å². The van der Waals surface area contributed by atoms with Crippen LogP contribution in [0.1, 0.15) is 12.6 Å². The Bertz CT molecular complexity index is 707. The van der Waals surface area contributed by atoms with Crippen molar-refractivity contribution in [3.8, 4) is 12.3 Å². The highest BCUT2D eigenvalue weighted by Crippen LogP contribution is 2.19. The van der Waals surface area contributed by atoms with E-state index in [1.807, 2.05) is 44.2 Å². The molecule has 2 aromatic rings. The molecule has 1 aromatic carbocycles. The Kier molecular flexibility index (Phi) is 5.20. The first kappa shape index (κ1) is 15.4. The fourth-order valence-corrected chi connectivity index (χ4v) is 2.44. The van der Waals surface area contributed by atoms with Crippen molar-refractivity contribution < 1.29 is 13.5 Å². The van der Waals surface area contributed by atoms with Gasteiger partial charge in [-0.3, -0.25) is 4.79 Å². The van der Waals surface area contributed by atoms with E-state index in [1.165, 1.54) is 0 Å². The van der Waals surface area contributed by atoms with Crippen LogP contribution in [0.15, 0.2) is 30.3 Å². The van der Waals surface area contributed by atoms with Crippen LogP contribution in [0.3, 0.4) is 0 Å². The summed E-state index contributed by atoms with van der Waals surface area (Å²) in [4.78, 5) is 11.6. The van der Waals surface area contributed by atoms with E-state index in [-0.39, 0.29) is 5.24 Å². The summed E-state index contributed by atoms with van der Waals surface area (Å²) in [6, 6.07) is 9.77. The van der Waals surface area contributed by atoms with Crippen LogP contribution >= 0.6 is 12.0 Å². The minimum absolute atomic E-state index is 0.236. The zero-order valence-electron chi connectivity index (χ0n) is 12.1. The van der Waals surface area contributed by atoms with Crippen molar-refractivity contribution in [2.24, 2.45) is 0 Å². The van der Waals surface area contributed by atoms with Gasteiger partial charge < -0.3 is 9.50 Å². The van der Waals surface area contributed by atoms with Gasteiger partial charge in [0.1, 0.15) is 0 Å². The zero-order valence-corrected chi connectivity index (χ0v) is 12.9. The van der Waals surface area contributed by atoms with Gasteiger partial charge in [0.05, 0.1) is 18.6 Å². The Hall–Kier alpha value is -2.03. The van der Waals surface area contributed by atoms with E-state index in [2.05, 4.69) is 15.8 Å². The van der Waals surface area contributed by atoms with Crippen LogP contribution in [0.2, 0.25) is 0 Å². The van der Waals surface area contributed by atoms with Crippen LogP contribution in [0.25, 0.3) is 10.9 Å². The van der Waals surface area contributed by atoms with E-state index in [0.717, 1.165) is 34.3 Å². The van der Waals surface area contributed by atoms with Gasteiger partial charge in [0.15, 0.2) is 5.69 Å². The molecule has 1 N–H and O–H groups in total. The third-order valence-corrected chi connectivity index (χ3v) is 3.60. The fourth-order valence-electron chi connectivity index (χ4n) is 2.05. The predicted octanol–water partition coefficient (Wildman–Crippen LogP) is 3.29. The summed E-state index contributed by atoms with van der Waals surface area (Å²) in [5.41, 5.74) is 2.88. The molecule has 0 fully saturated rings. The van der Waals surface area contributed by atoms with Crippen molar-refractivity contribution in [3.63, 3.8) is 0 Å². The van der Waals surface area contributed by atoms with E-state index in [0.29, 0.717) is 13.2 Å². The number of rotatable bonds is 4. The number of benzene rings is 1. The molecule has 21 heavy (non-hydrogen) atoms. The number of hydrogen-bond acceptors (Lipinski definition) is 3. The number of fused-ring (bicyclic) bond motifs is 1. The molecular formula is C16H17N2O2S+. The third-order valence-electron chi connectivity index (χ3n) is 3.00. The van der Waals surface area contributed by atoms with Crippen LogP contribution in [0, 0.1) is 19.3 Å². The highest BCUT2D eigenvalue weighted by Gasteiger charge is 2.12. The topological polar surface area (TPSA) is 42.2 Å². The van der Waals surface area contributed by atoms with E-state index < -0.39 is 0 Å². The van der Waals surface area contributed by atoms with E-state index in [1.54, 1.807) is 0 Å². The second-order valence-electron chi connectivity index (χ2n) is 4.44. The highest BCUT2D eigenvalue weighted by molar-refractivity contribution is 8.09. The van der Waals surface area contributed by atoms with Crippen molar-refractivity contribution >= 4 is 33.9 Å². The lowest BCUT2D eigenvalue weighted by molar-refractivity contribution is -0.664. The van der Waals surface area contributed by atoms with Gasteiger partial charge in [0, 0.05) is 30.1 Å². The lowest BCUT2D eigenvalue weighted by Gasteiger charge is -2.06. The smallest absolute Gasteiger partial charge is 0.310 e. The van der Waals surface area contributed by atoms with Gasteiger partial charge >= 0.3 is 5.24 Å². The van der Waals surface area contributed by atoms with Gasteiger partial charge in [0.2, 0.25) is 12.1 Å². The number of hydrogen-bond donors (Lipinski definition) is 1. The number of nitrogens with one attached hydrogen (secondary N) is 1. The van der Waals surface area contributed by atoms with E-state index in [9.17, 15) is 4.79 Å². The number of nitrogens with zero attached hydrogens (tertiary/aromatic N) is 1. The summed E-state index contributed by atoms with van der Waals surface area (Å²) >= 11 is 0.809. The standard InChI is InChI=1S/C16H16N2O2S/c1-4-10-18-12(3)6-7-13-11-14(8-9-15(13)18)17-16(19)21-20-5-2/h1,6-9,11H,5,10H2,2-3H3/p+1. The maximum atomic E-state index is 11.6. The molecule has 5 heteroatoms. The largest absolute Gasteiger partial charge is 0.315 e. The van der Waals surface area contributed by atoms with Crippen LogP contribution in [0.5, 0.6) is 0 Å². The third kappa shape index (κ3) is 3.75. The number of aryl methyl sites for hydroxylation is 1. The molecule has 0 radical (unpaired) electrons. The molecule has 1 amide bonds. The van der Waals surface area contributed by atoms with Crippen molar-refractivity contribution in [1.29, 1.82) is 0 Å². The summed E-state index contributed by atoms with van der Waals surface area (Å²) in [7, 11) is 0. The van der Waals surface area contributed by atoms with Gasteiger partial charge in [-0.25, -0.2) is 0 Å². The number of anilines is 1. The number of carbonyl (C=O) groups excluding carboxylic acids is 1. The number of aromatic nitrogens is 1. The molecule has 108 valence electrons. The summed E-state index contributed by atoms with van der Waals surface area (Å²) in [6.45, 7) is 4.87. The Morgan fingerprint density at radius 2 is 2.24 bits per heavy atom. The Morgan fingerprint density at radius 3 is 2.95 bits per heavy atom. The minimum atomic E-state index is -0.236. The number of amides is 1. The summed E-state index contributed by atoms with van der Waals surface area (Å²) in [5, 5.41) is 3.57. The average Bonchev–Trinajstić information content (AvgIpc) is 2.48. The monoisotopic (exact) mass is 301 g/mol. The van der Waals surface area contributed by atoms with Crippen LogP contribution in [0.4, 0.5) is 10.5 Å². The van der Waals surface area contributed by atoms with Crippen molar-refractivity contribution in [1.82, 2.24) is 0 Å². The van der Waals surface area contributed by atoms with Gasteiger partial charge in [-0.05, 0) is 31.0 Å². The molecule has 0 aliphatic carbocycles. The first-order valence-electron chi connectivity index (χ1n) is 6.63. The first-order chi connectivity index (χ1) is 10.2. The molecule has 0 unspecified atom stereocenters. The molecule has 0 atom stereocenters. The molecule has 0 saturated heterocycles. The molecule has 1 aromatic heterocycles. The number of terminal acetylenes is 1. The normalized spacial score (nSPS) is 10.3. The molecular weight excluding hydrogens is 284 g/mol. The second kappa shape index (κ2) is 7.11. The summed E-state index contributed by atoms with van der Waals surface area (Å²) in [5.74, 6) is 2.66. The van der Waals surface area contributed by atoms with Gasteiger partial charge in [-0.15, -0.1) is 6.42 Å². The predicted molar refractivity (Wildman–Crippen MR) is 85.9 cm³/mol. The summed E-state index contributed by atoms with van der Waals surface area (Å²) < 4.78 is 7.07.